The first-order valence-electron chi connectivity index (χ1n) is 6.82. The zero-order valence-electron chi connectivity index (χ0n) is 11.7. The molecule has 2 rings (SSSR count). The van der Waals surface area contributed by atoms with Crippen molar-refractivity contribution in [1.29, 1.82) is 0 Å². The van der Waals surface area contributed by atoms with Crippen molar-refractivity contribution >= 4 is 11.9 Å². The molecule has 0 saturated carbocycles. The van der Waals surface area contributed by atoms with Crippen molar-refractivity contribution < 1.29 is 9.32 Å². The normalized spacial score (nSPS) is 19.9. The summed E-state index contributed by atoms with van der Waals surface area (Å²) in [5.74, 6) is 0.899. The highest BCUT2D eigenvalue weighted by Gasteiger charge is 2.23. The summed E-state index contributed by atoms with van der Waals surface area (Å²) in [6.45, 7) is 2.31. The smallest absolute Gasteiger partial charge is 0.217 e. The van der Waals surface area contributed by atoms with Gasteiger partial charge in [0.15, 0.2) is 5.96 Å². The highest BCUT2D eigenvalue weighted by atomic mass is 16.5. The van der Waals surface area contributed by atoms with Crippen LogP contribution in [-0.2, 0) is 11.3 Å². The SMILES string of the molecule is CN=C(NCc1ccon1)N1CCCC(CC(N)=O)C1. The number of hydrogen-bond donors (Lipinski definition) is 2. The molecule has 0 aliphatic carbocycles. The minimum absolute atomic E-state index is 0.234. The average molecular weight is 279 g/mol. The number of primary amides is 1. The van der Waals surface area contributed by atoms with Gasteiger partial charge in [0.2, 0.25) is 5.91 Å². The highest BCUT2D eigenvalue weighted by molar-refractivity contribution is 5.80. The largest absolute Gasteiger partial charge is 0.370 e. The molecule has 0 aromatic carbocycles. The molecule has 1 amide bonds. The fourth-order valence-corrected chi connectivity index (χ4v) is 2.54. The minimum Gasteiger partial charge on any atom is -0.370 e. The van der Waals surface area contributed by atoms with Crippen LogP contribution in [0.5, 0.6) is 0 Å². The van der Waals surface area contributed by atoms with Gasteiger partial charge in [-0.2, -0.15) is 0 Å². The molecule has 7 heteroatoms. The number of amides is 1. The van der Waals surface area contributed by atoms with Crippen LogP contribution >= 0.6 is 0 Å². The van der Waals surface area contributed by atoms with Crippen LogP contribution < -0.4 is 11.1 Å². The maximum atomic E-state index is 11.0. The Kier molecular flexibility index (Phi) is 4.97. The van der Waals surface area contributed by atoms with E-state index in [-0.39, 0.29) is 5.91 Å². The number of rotatable bonds is 4. The van der Waals surface area contributed by atoms with E-state index in [0.717, 1.165) is 37.6 Å². The number of aromatic nitrogens is 1. The van der Waals surface area contributed by atoms with Crippen molar-refractivity contribution in [3.8, 4) is 0 Å². The molecule has 7 nitrogen and oxygen atoms in total. The zero-order chi connectivity index (χ0) is 14.4. The molecule has 3 N–H and O–H groups in total. The molecule has 1 unspecified atom stereocenters. The molecule has 1 aliphatic heterocycles. The van der Waals surface area contributed by atoms with E-state index in [1.807, 2.05) is 6.07 Å². The van der Waals surface area contributed by atoms with Crippen molar-refractivity contribution in [2.24, 2.45) is 16.6 Å². The minimum atomic E-state index is -0.234. The number of piperidine rings is 1. The lowest BCUT2D eigenvalue weighted by Gasteiger charge is -2.34. The summed E-state index contributed by atoms with van der Waals surface area (Å²) < 4.78 is 4.79. The Morgan fingerprint density at radius 3 is 3.20 bits per heavy atom. The molecule has 1 atom stereocenters. The van der Waals surface area contributed by atoms with E-state index in [1.54, 1.807) is 13.3 Å². The average Bonchev–Trinajstić information content (AvgIpc) is 2.92. The molecule has 1 fully saturated rings. The van der Waals surface area contributed by atoms with Crippen LogP contribution in [0.1, 0.15) is 25.0 Å². The van der Waals surface area contributed by atoms with Gasteiger partial charge in [-0.05, 0) is 18.8 Å². The van der Waals surface area contributed by atoms with Crippen LogP contribution in [0.4, 0.5) is 0 Å². The molecule has 1 aliphatic rings. The number of nitrogens with two attached hydrogens (primary N) is 1. The fraction of sp³-hybridized carbons (Fsp3) is 0.615. The Morgan fingerprint density at radius 2 is 2.55 bits per heavy atom. The summed E-state index contributed by atoms with van der Waals surface area (Å²) in [5.41, 5.74) is 6.11. The van der Waals surface area contributed by atoms with Gasteiger partial charge >= 0.3 is 0 Å². The third-order valence-corrected chi connectivity index (χ3v) is 3.44. The fourth-order valence-electron chi connectivity index (χ4n) is 2.54. The molecule has 2 heterocycles. The molecule has 1 aromatic heterocycles. The molecular formula is C13H21N5O2. The predicted octanol–water partition coefficient (Wildman–Crippen LogP) is 0.337. The van der Waals surface area contributed by atoms with Crippen LogP contribution in [0.15, 0.2) is 21.8 Å². The Morgan fingerprint density at radius 1 is 1.70 bits per heavy atom. The van der Waals surface area contributed by atoms with Gasteiger partial charge in [0.25, 0.3) is 0 Å². The molecule has 20 heavy (non-hydrogen) atoms. The second-order valence-corrected chi connectivity index (χ2v) is 5.02. The third kappa shape index (κ3) is 3.97. The Bertz CT molecular complexity index is 457. The summed E-state index contributed by atoms with van der Waals surface area (Å²) in [7, 11) is 1.75. The maximum Gasteiger partial charge on any atom is 0.217 e. The lowest BCUT2D eigenvalue weighted by atomic mass is 9.95. The Labute approximate surface area is 118 Å². The lowest BCUT2D eigenvalue weighted by molar-refractivity contribution is -0.119. The highest BCUT2D eigenvalue weighted by Crippen LogP contribution is 2.19. The van der Waals surface area contributed by atoms with Crippen LogP contribution in [0.25, 0.3) is 0 Å². The summed E-state index contributed by atoms with van der Waals surface area (Å²) in [6.07, 6.45) is 4.07. The monoisotopic (exact) mass is 279 g/mol. The lowest BCUT2D eigenvalue weighted by Crippen LogP contribution is -2.46. The van der Waals surface area contributed by atoms with E-state index in [2.05, 4.69) is 20.4 Å². The molecule has 0 bridgehead atoms. The molecule has 110 valence electrons. The van der Waals surface area contributed by atoms with Gasteiger partial charge in [-0.15, -0.1) is 0 Å². The summed E-state index contributed by atoms with van der Waals surface area (Å²) in [6, 6.07) is 1.81. The quantitative estimate of drug-likeness (QED) is 0.612. The molecule has 0 radical (unpaired) electrons. The predicted molar refractivity (Wildman–Crippen MR) is 74.8 cm³/mol. The van der Waals surface area contributed by atoms with Gasteiger partial charge in [0.05, 0.1) is 6.54 Å². The van der Waals surface area contributed by atoms with Crippen molar-refractivity contribution in [2.75, 3.05) is 20.1 Å². The van der Waals surface area contributed by atoms with E-state index in [9.17, 15) is 4.79 Å². The molecule has 1 aromatic rings. The van der Waals surface area contributed by atoms with E-state index in [4.69, 9.17) is 10.3 Å². The van der Waals surface area contributed by atoms with Gasteiger partial charge in [-0.1, -0.05) is 5.16 Å². The first-order valence-corrected chi connectivity index (χ1v) is 6.82. The number of aliphatic imine (C=N–C) groups is 1. The van der Waals surface area contributed by atoms with E-state index in [0.29, 0.717) is 18.9 Å². The third-order valence-electron chi connectivity index (χ3n) is 3.44. The summed E-state index contributed by atoms with van der Waals surface area (Å²) >= 11 is 0. The molecule has 0 spiro atoms. The van der Waals surface area contributed by atoms with Crippen LogP contribution in [-0.4, -0.2) is 42.1 Å². The number of carbonyl (C=O) groups excluding carboxylic acids is 1. The Balaban J connectivity index is 1.88. The topological polar surface area (TPSA) is 96.8 Å². The van der Waals surface area contributed by atoms with E-state index >= 15 is 0 Å². The number of nitrogens with zero attached hydrogens (tertiary/aromatic N) is 3. The second-order valence-electron chi connectivity index (χ2n) is 5.02. The molecule has 1 saturated heterocycles. The first kappa shape index (κ1) is 14.4. The van der Waals surface area contributed by atoms with Crippen molar-refractivity contribution in [3.63, 3.8) is 0 Å². The number of carbonyl (C=O) groups is 1. The van der Waals surface area contributed by atoms with E-state index in [1.165, 1.54) is 0 Å². The van der Waals surface area contributed by atoms with Gasteiger partial charge in [-0.3, -0.25) is 9.79 Å². The van der Waals surface area contributed by atoms with Gasteiger partial charge in [0.1, 0.15) is 12.0 Å². The second kappa shape index (κ2) is 6.93. The zero-order valence-corrected chi connectivity index (χ0v) is 11.7. The standard InChI is InChI=1S/C13H21N5O2/c1-15-13(16-8-11-4-6-20-17-11)18-5-2-3-10(9-18)7-12(14)19/h4,6,10H,2-3,5,7-9H2,1H3,(H2,14,19)(H,15,16). The van der Waals surface area contributed by atoms with Gasteiger partial charge in [-0.25, -0.2) is 0 Å². The van der Waals surface area contributed by atoms with Crippen LogP contribution in [0.3, 0.4) is 0 Å². The van der Waals surface area contributed by atoms with Gasteiger partial charge in [0, 0.05) is 32.6 Å². The van der Waals surface area contributed by atoms with Crippen molar-refractivity contribution in [3.05, 3.63) is 18.0 Å². The number of guanidine groups is 1. The first-order chi connectivity index (χ1) is 9.69. The van der Waals surface area contributed by atoms with E-state index < -0.39 is 0 Å². The number of hydrogen-bond acceptors (Lipinski definition) is 4. The molecular weight excluding hydrogens is 258 g/mol. The maximum absolute atomic E-state index is 11.0. The van der Waals surface area contributed by atoms with Crippen LogP contribution in [0.2, 0.25) is 0 Å². The Hall–Kier alpha value is -2.05. The van der Waals surface area contributed by atoms with Crippen LogP contribution in [0, 0.1) is 5.92 Å². The van der Waals surface area contributed by atoms with Gasteiger partial charge < -0.3 is 20.5 Å². The summed E-state index contributed by atoms with van der Waals surface area (Å²) in [5, 5.41) is 7.10. The number of nitrogens with one attached hydrogen (secondary N) is 1. The van der Waals surface area contributed by atoms with Crippen molar-refractivity contribution in [1.82, 2.24) is 15.4 Å². The summed E-state index contributed by atoms with van der Waals surface area (Å²) in [4.78, 5) is 17.5. The van der Waals surface area contributed by atoms with Crippen molar-refractivity contribution in [2.45, 2.75) is 25.8 Å². The number of likely N-dealkylation sites (tertiary alicyclic amines) is 1.